The number of aryl methyl sites for hydroxylation is 1. The van der Waals surface area contributed by atoms with Crippen LogP contribution in [0.3, 0.4) is 0 Å². The van der Waals surface area contributed by atoms with Gasteiger partial charge < -0.3 is 5.32 Å². The smallest absolute Gasteiger partial charge is 0.0797 e. The van der Waals surface area contributed by atoms with Crippen LogP contribution in [0.5, 0.6) is 0 Å². The molecule has 0 radical (unpaired) electrons. The maximum atomic E-state index is 4.32. The Morgan fingerprint density at radius 1 is 1.73 bits per heavy atom. The summed E-state index contributed by atoms with van der Waals surface area (Å²) >= 11 is 1.79. The van der Waals surface area contributed by atoms with E-state index in [0.29, 0.717) is 6.04 Å². The molecule has 60 valence electrons. The predicted molar refractivity (Wildman–Crippen MR) is 47.0 cm³/mol. The molecule has 0 bridgehead atoms. The molecule has 0 aromatic carbocycles. The molecule has 0 saturated heterocycles. The Morgan fingerprint density at radius 2 is 2.64 bits per heavy atom. The van der Waals surface area contributed by atoms with Crippen molar-refractivity contribution < 1.29 is 0 Å². The van der Waals surface area contributed by atoms with Crippen LogP contribution < -0.4 is 5.32 Å². The van der Waals surface area contributed by atoms with Crippen molar-refractivity contribution in [2.45, 2.75) is 25.3 Å². The van der Waals surface area contributed by atoms with E-state index in [4.69, 9.17) is 0 Å². The standard InChI is InChI=1S/C8H12N2S/c1-9-6-2-3-7-8(4-6)11-5-10-7/h5-6,9H,2-4H2,1H3/t6-/m1/s1. The maximum absolute atomic E-state index is 4.32. The van der Waals surface area contributed by atoms with Crippen LogP contribution >= 0.6 is 11.3 Å². The number of likely N-dealkylation sites (N-methyl/N-ethyl adjacent to an activating group) is 1. The number of nitrogens with one attached hydrogen (secondary N) is 1. The monoisotopic (exact) mass is 168 g/mol. The van der Waals surface area contributed by atoms with Crippen molar-refractivity contribution in [1.82, 2.24) is 10.3 Å². The minimum absolute atomic E-state index is 0.683. The molecular weight excluding hydrogens is 156 g/mol. The summed E-state index contributed by atoms with van der Waals surface area (Å²) in [6.45, 7) is 0. The molecule has 0 amide bonds. The highest BCUT2D eigenvalue weighted by Gasteiger charge is 2.18. The van der Waals surface area contributed by atoms with Gasteiger partial charge in [0.1, 0.15) is 0 Å². The Bertz CT molecular complexity index is 244. The molecule has 1 N–H and O–H groups in total. The molecule has 3 heteroatoms. The van der Waals surface area contributed by atoms with Crippen LogP contribution in [0.4, 0.5) is 0 Å². The van der Waals surface area contributed by atoms with E-state index in [9.17, 15) is 0 Å². The van der Waals surface area contributed by atoms with Gasteiger partial charge in [0.05, 0.1) is 11.2 Å². The quantitative estimate of drug-likeness (QED) is 0.682. The first-order valence-electron chi connectivity index (χ1n) is 3.98. The zero-order chi connectivity index (χ0) is 7.68. The highest BCUT2D eigenvalue weighted by molar-refractivity contribution is 7.09. The first-order chi connectivity index (χ1) is 5.40. The van der Waals surface area contributed by atoms with Gasteiger partial charge in [0.2, 0.25) is 0 Å². The van der Waals surface area contributed by atoms with Crippen molar-refractivity contribution >= 4 is 11.3 Å². The second-order valence-corrected chi connectivity index (χ2v) is 3.89. The van der Waals surface area contributed by atoms with Gasteiger partial charge in [-0.15, -0.1) is 11.3 Å². The SMILES string of the molecule is CN[C@@H]1CCc2ncsc2C1. The molecule has 1 aromatic rings. The highest BCUT2D eigenvalue weighted by atomic mass is 32.1. The molecule has 2 rings (SSSR count). The van der Waals surface area contributed by atoms with E-state index in [1.54, 1.807) is 11.3 Å². The summed E-state index contributed by atoms with van der Waals surface area (Å²) in [4.78, 5) is 5.80. The molecule has 0 aliphatic heterocycles. The second-order valence-electron chi connectivity index (χ2n) is 2.95. The number of aromatic nitrogens is 1. The first kappa shape index (κ1) is 7.25. The van der Waals surface area contributed by atoms with Gasteiger partial charge in [0.25, 0.3) is 0 Å². The minimum Gasteiger partial charge on any atom is -0.317 e. The fourth-order valence-electron chi connectivity index (χ4n) is 1.55. The number of nitrogens with zero attached hydrogens (tertiary/aromatic N) is 1. The molecule has 1 aromatic heterocycles. The van der Waals surface area contributed by atoms with Crippen molar-refractivity contribution in [2.75, 3.05) is 7.05 Å². The minimum atomic E-state index is 0.683. The van der Waals surface area contributed by atoms with Crippen LogP contribution in [0, 0.1) is 0 Å². The van der Waals surface area contributed by atoms with Gasteiger partial charge in [0, 0.05) is 10.9 Å². The summed E-state index contributed by atoms with van der Waals surface area (Å²) < 4.78 is 0. The van der Waals surface area contributed by atoms with Crippen LogP contribution in [0.1, 0.15) is 17.0 Å². The topological polar surface area (TPSA) is 24.9 Å². The van der Waals surface area contributed by atoms with E-state index in [2.05, 4.69) is 10.3 Å². The van der Waals surface area contributed by atoms with Crippen LogP contribution in [0.15, 0.2) is 5.51 Å². The first-order valence-corrected chi connectivity index (χ1v) is 4.86. The van der Waals surface area contributed by atoms with Crippen LogP contribution in [-0.2, 0) is 12.8 Å². The molecule has 1 aliphatic carbocycles. The molecule has 0 saturated carbocycles. The highest BCUT2D eigenvalue weighted by Crippen LogP contribution is 2.23. The number of hydrogen-bond donors (Lipinski definition) is 1. The van der Waals surface area contributed by atoms with E-state index in [0.717, 1.165) is 6.42 Å². The van der Waals surface area contributed by atoms with Gasteiger partial charge in [0.15, 0.2) is 0 Å². The third-order valence-corrected chi connectivity index (χ3v) is 3.19. The summed E-state index contributed by atoms with van der Waals surface area (Å²) in [6, 6.07) is 0.683. The third kappa shape index (κ3) is 1.30. The summed E-state index contributed by atoms with van der Waals surface area (Å²) in [5.41, 5.74) is 3.30. The van der Waals surface area contributed by atoms with E-state index in [1.165, 1.54) is 23.4 Å². The number of thiazole rings is 1. The maximum Gasteiger partial charge on any atom is 0.0797 e. The predicted octanol–water partition coefficient (Wildman–Crippen LogP) is 1.22. The largest absolute Gasteiger partial charge is 0.317 e. The number of rotatable bonds is 1. The Balaban J connectivity index is 2.18. The molecule has 1 aliphatic rings. The van der Waals surface area contributed by atoms with E-state index >= 15 is 0 Å². The fourth-order valence-corrected chi connectivity index (χ4v) is 2.44. The van der Waals surface area contributed by atoms with Gasteiger partial charge in [-0.05, 0) is 26.3 Å². The van der Waals surface area contributed by atoms with Crippen molar-refractivity contribution in [3.05, 3.63) is 16.1 Å². The Kier molecular flexibility index (Phi) is 1.92. The lowest BCUT2D eigenvalue weighted by molar-refractivity contribution is 0.497. The van der Waals surface area contributed by atoms with Crippen molar-refractivity contribution in [1.29, 1.82) is 0 Å². The molecule has 0 spiro atoms. The van der Waals surface area contributed by atoms with Gasteiger partial charge >= 0.3 is 0 Å². The molecule has 11 heavy (non-hydrogen) atoms. The zero-order valence-electron chi connectivity index (χ0n) is 6.63. The van der Waals surface area contributed by atoms with Crippen molar-refractivity contribution in [3.8, 4) is 0 Å². The third-order valence-electron chi connectivity index (χ3n) is 2.30. The molecule has 1 atom stereocenters. The normalized spacial score (nSPS) is 23.2. The molecule has 1 heterocycles. The second kappa shape index (κ2) is 2.91. The molecule has 0 fully saturated rings. The zero-order valence-corrected chi connectivity index (χ0v) is 7.45. The van der Waals surface area contributed by atoms with E-state index in [1.807, 2.05) is 12.6 Å². The average Bonchev–Trinajstić information content (AvgIpc) is 2.50. The van der Waals surface area contributed by atoms with Crippen LogP contribution in [0.2, 0.25) is 0 Å². The van der Waals surface area contributed by atoms with Gasteiger partial charge in [-0.1, -0.05) is 0 Å². The van der Waals surface area contributed by atoms with Gasteiger partial charge in [-0.25, -0.2) is 4.98 Å². The lowest BCUT2D eigenvalue weighted by Gasteiger charge is -2.19. The van der Waals surface area contributed by atoms with Gasteiger partial charge in [-0.3, -0.25) is 0 Å². The summed E-state index contributed by atoms with van der Waals surface area (Å²) in [6.07, 6.45) is 3.58. The van der Waals surface area contributed by atoms with Crippen molar-refractivity contribution in [2.24, 2.45) is 0 Å². The summed E-state index contributed by atoms with van der Waals surface area (Å²) in [5, 5.41) is 3.31. The summed E-state index contributed by atoms with van der Waals surface area (Å²) in [5.74, 6) is 0. The van der Waals surface area contributed by atoms with Crippen molar-refractivity contribution in [3.63, 3.8) is 0 Å². The van der Waals surface area contributed by atoms with Gasteiger partial charge in [-0.2, -0.15) is 0 Å². The molecule has 0 unspecified atom stereocenters. The lowest BCUT2D eigenvalue weighted by atomic mass is 9.98. The number of fused-ring (bicyclic) bond motifs is 1. The van der Waals surface area contributed by atoms with Crippen LogP contribution in [-0.4, -0.2) is 18.1 Å². The fraction of sp³-hybridized carbons (Fsp3) is 0.625. The Hall–Kier alpha value is -0.410. The Morgan fingerprint density at radius 3 is 3.45 bits per heavy atom. The molecular formula is C8H12N2S. The Labute approximate surface area is 70.7 Å². The lowest BCUT2D eigenvalue weighted by Crippen LogP contribution is -2.30. The van der Waals surface area contributed by atoms with Crippen LogP contribution in [0.25, 0.3) is 0 Å². The summed E-state index contributed by atoms with van der Waals surface area (Å²) in [7, 11) is 2.04. The average molecular weight is 168 g/mol. The number of hydrogen-bond acceptors (Lipinski definition) is 3. The van der Waals surface area contributed by atoms with E-state index in [-0.39, 0.29) is 0 Å². The molecule has 2 nitrogen and oxygen atoms in total. The van der Waals surface area contributed by atoms with E-state index < -0.39 is 0 Å².